The molecule has 5 nitrogen and oxygen atoms in total. The van der Waals surface area contributed by atoms with Crippen LogP contribution >= 0.6 is 0 Å². The zero-order valence-corrected chi connectivity index (χ0v) is 14.0. The van der Waals surface area contributed by atoms with Gasteiger partial charge < -0.3 is 20.5 Å². The molecule has 0 saturated carbocycles. The molecule has 0 heterocycles. The van der Waals surface area contributed by atoms with Crippen LogP contribution in [0, 0.1) is 5.92 Å². The fourth-order valence-corrected chi connectivity index (χ4v) is 2.35. The number of aryl methyl sites for hydroxylation is 1. The summed E-state index contributed by atoms with van der Waals surface area (Å²) in [7, 11) is 3.23. The van der Waals surface area contributed by atoms with E-state index in [1.807, 2.05) is 18.2 Å². The van der Waals surface area contributed by atoms with Gasteiger partial charge in [-0.3, -0.25) is 4.79 Å². The first-order valence-corrected chi connectivity index (χ1v) is 7.69. The SMILES string of the molecule is COc1cc(CCC(=O)NC(CN)CC(C)C)cc(OC)c1. The van der Waals surface area contributed by atoms with E-state index in [0.29, 0.717) is 25.3 Å². The third kappa shape index (κ3) is 6.35. The molecule has 0 spiro atoms. The lowest BCUT2D eigenvalue weighted by Crippen LogP contribution is -2.41. The van der Waals surface area contributed by atoms with Crippen molar-refractivity contribution >= 4 is 5.91 Å². The van der Waals surface area contributed by atoms with E-state index in [9.17, 15) is 4.79 Å². The van der Waals surface area contributed by atoms with Crippen LogP contribution in [-0.4, -0.2) is 32.7 Å². The molecule has 0 aliphatic rings. The van der Waals surface area contributed by atoms with E-state index < -0.39 is 0 Å². The minimum atomic E-state index is 0.0258. The van der Waals surface area contributed by atoms with Crippen molar-refractivity contribution in [2.45, 2.75) is 39.2 Å². The predicted molar refractivity (Wildman–Crippen MR) is 88.3 cm³/mol. The Bertz CT molecular complexity index is 453. The Balaban J connectivity index is 2.56. The minimum absolute atomic E-state index is 0.0258. The van der Waals surface area contributed by atoms with E-state index >= 15 is 0 Å². The summed E-state index contributed by atoms with van der Waals surface area (Å²) in [4.78, 5) is 12.0. The van der Waals surface area contributed by atoms with Crippen molar-refractivity contribution in [1.82, 2.24) is 5.32 Å². The summed E-state index contributed by atoms with van der Waals surface area (Å²) < 4.78 is 10.5. The van der Waals surface area contributed by atoms with Gasteiger partial charge in [-0.2, -0.15) is 0 Å². The number of ether oxygens (including phenoxy) is 2. The third-order valence-corrected chi connectivity index (χ3v) is 3.46. The molecule has 124 valence electrons. The number of nitrogens with two attached hydrogens (primary N) is 1. The fraction of sp³-hybridized carbons (Fsp3) is 0.588. The largest absolute Gasteiger partial charge is 0.497 e. The zero-order chi connectivity index (χ0) is 16.5. The maximum absolute atomic E-state index is 12.0. The predicted octanol–water partition coefficient (Wildman–Crippen LogP) is 2.13. The van der Waals surface area contributed by atoms with Gasteiger partial charge in [0, 0.05) is 25.1 Å². The Morgan fingerprint density at radius 2 is 1.77 bits per heavy atom. The van der Waals surface area contributed by atoms with Crippen LogP contribution in [0.25, 0.3) is 0 Å². The molecule has 1 rings (SSSR count). The van der Waals surface area contributed by atoms with Crippen molar-refractivity contribution in [3.05, 3.63) is 23.8 Å². The van der Waals surface area contributed by atoms with Crippen LogP contribution in [0.1, 0.15) is 32.3 Å². The monoisotopic (exact) mass is 308 g/mol. The van der Waals surface area contributed by atoms with E-state index in [4.69, 9.17) is 15.2 Å². The first-order chi connectivity index (χ1) is 10.5. The lowest BCUT2D eigenvalue weighted by atomic mass is 10.0. The summed E-state index contributed by atoms with van der Waals surface area (Å²) in [6.07, 6.45) is 1.96. The number of hydrogen-bond donors (Lipinski definition) is 2. The highest BCUT2D eigenvalue weighted by atomic mass is 16.5. The number of carbonyl (C=O) groups is 1. The van der Waals surface area contributed by atoms with E-state index in [0.717, 1.165) is 23.5 Å². The molecule has 3 N–H and O–H groups in total. The van der Waals surface area contributed by atoms with Crippen molar-refractivity contribution in [3.8, 4) is 11.5 Å². The topological polar surface area (TPSA) is 73.6 Å². The van der Waals surface area contributed by atoms with Crippen molar-refractivity contribution in [2.75, 3.05) is 20.8 Å². The quantitative estimate of drug-likeness (QED) is 0.733. The van der Waals surface area contributed by atoms with Gasteiger partial charge in [-0.15, -0.1) is 0 Å². The Hall–Kier alpha value is -1.75. The maximum Gasteiger partial charge on any atom is 0.220 e. The summed E-state index contributed by atoms with van der Waals surface area (Å²) in [5.41, 5.74) is 6.72. The minimum Gasteiger partial charge on any atom is -0.497 e. The van der Waals surface area contributed by atoms with E-state index in [2.05, 4.69) is 19.2 Å². The average molecular weight is 308 g/mol. The van der Waals surface area contributed by atoms with E-state index in [-0.39, 0.29) is 11.9 Å². The van der Waals surface area contributed by atoms with Gasteiger partial charge in [0.2, 0.25) is 5.91 Å². The molecule has 5 heteroatoms. The standard InChI is InChI=1S/C17H28N2O3/c1-12(2)7-14(11-18)19-17(20)6-5-13-8-15(21-3)10-16(9-13)22-4/h8-10,12,14H,5-7,11,18H2,1-4H3,(H,19,20). The van der Waals surface area contributed by atoms with Crippen LogP contribution in [0.3, 0.4) is 0 Å². The second-order valence-corrected chi connectivity index (χ2v) is 5.85. The van der Waals surface area contributed by atoms with Gasteiger partial charge in [-0.1, -0.05) is 13.8 Å². The average Bonchev–Trinajstić information content (AvgIpc) is 2.51. The van der Waals surface area contributed by atoms with Crippen molar-refractivity contribution in [3.63, 3.8) is 0 Å². The number of amides is 1. The lowest BCUT2D eigenvalue weighted by Gasteiger charge is -2.18. The molecular formula is C17H28N2O3. The molecule has 0 fully saturated rings. The summed E-state index contributed by atoms with van der Waals surface area (Å²) in [5.74, 6) is 2.00. The molecule has 0 aliphatic carbocycles. The number of carbonyl (C=O) groups excluding carboxylic acids is 1. The Labute approximate surface area is 133 Å². The summed E-state index contributed by atoms with van der Waals surface area (Å²) in [5, 5.41) is 3.00. The number of nitrogens with one attached hydrogen (secondary N) is 1. The van der Waals surface area contributed by atoms with Crippen LogP contribution in [0.15, 0.2) is 18.2 Å². The zero-order valence-electron chi connectivity index (χ0n) is 14.0. The van der Waals surface area contributed by atoms with E-state index in [1.54, 1.807) is 14.2 Å². The van der Waals surface area contributed by atoms with Crippen LogP contribution in [0.5, 0.6) is 11.5 Å². The van der Waals surface area contributed by atoms with Crippen LogP contribution in [0.4, 0.5) is 0 Å². The first kappa shape index (κ1) is 18.3. The normalized spacial score (nSPS) is 12.1. The molecule has 0 saturated heterocycles. The smallest absolute Gasteiger partial charge is 0.220 e. The molecule has 0 radical (unpaired) electrons. The number of methoxy groups -OCH3 is 2. The van der Waals surface area contributed by atoms with Crippen LogP contribution < -0.4 is 20.5 Å². The molecule has 22 heavy (non-hydrogen) atoms. The second-order valence-electron chi connectivity index (χ2n) is 5.85. The highest BCUT2D eigenvalue weighted by Crippen LogP contribution is 2.23. The molecular weight excluding hydrogens is 280 g/mol. The lowest BCUT2D eigenvalue weighted by molar-refractivity contribution is -0.121. The van der Waals surface area contributed by atoms with E-state index in [1.165, 1.54) is 0 Å². The highest BCUT2D eigenvalue weighted by Gasteiger charge is 2.12. The molecule has 1 aromatic carbocycles. The van der Waals surface area contributed by atoms with Gasteiger partial charge in [0.1, 0.15) is 11.5 Å². The maximum atomic E-state index is 12.0. The van der Waals surface area contributed by atoms with Gasteiger partial charge in [-0.05, 0) is 36.5 Å². The van der Waals surface area contributed by atoms with Gasteiger partial charge >= 0.3 is 0 Å². The molecule has 0 bridgehead atoms. The third-order valence-electron chi connectivity index (χ3n) is 3.46. The summed E-state index contributed by atoms with van der Waals surface area (Å²) in [6, 6.07) is 5.71. The Morgan fingerprint density at radius 3 is 2.23 bits per heavy atom. The Morgan fingerprint density at radius 1 is 1.18 bits per heavy atom. The number of rotatable bonds is 9. The number of hydrogen-bond acceptors (Lipinski definition) is 4. The fourth-order valence-electron chi connectivity index (χ4n) is 2.35. The molecule has 1 aromatic rings. The molecule has 1 atom stereocenters. The molecule has 0 aliphatic heterocycles. The van der Waals surface area contributed by atoms with Crippen molar-refractivity contribution in [2.24, 2.45) is 11.7 Å². The molecule has 1 amide bonds. The van der Waals surface area contributed by atoms with Gasteiger partial charge in [-0.25, -0.2) is 0 Å². The van der Waals surface area contributed by atoms with Crippen molar-refractivity contribution < 1.29 is 14.3 Å². The number of benzene rings is 1. The molecule has 1 unspecified atom stereocenters. The Kier molecular flexibility index (Phi) is 7.74. The first-order valence-electron chi connectivity index (χ1n) is 7.69. The summed E-state index contributed by atoms with van der Waals surface area (Å²) in [6.45, 7) is 4.71. The van der Waals surface area contributed by atoms with Gasteiger partial charge in [0.25, 0.3) is 0 Å². The van der Waals surface area contributed by atoms with Gasteiger partial charge in [0.05, 0.1) is 14.2 Å². The van der Waals surface area contributed by atoms with Crippen molar-refractivity contribution in [1.29, 1.82) is 0 Å². The van der Waals surface area contributed by atoms with Crippen LogP contribution in [0.2, 0.25) is 0 Å². The van der Waals surface area contributed by atoms with Crippen LogP contribution in [-0.2, 0) is 11.2 Å². The van der Waals surface area contributed by atoms with Gasteiger partial charge in [0.15, 0.2) is 0 Å². The highest BCUT2D eigenvalue weighted by molar-refractivity contribution is 5.76. The molecule has 0 aromatic heterocycles. The summed E-state index contributed by atoms with van der Waals surface area (Å²) >= 11 is 0. The second kappa shape index (κ2) is 9.30.